The van der Waals surface area contributed by atoms with E-state index >= 15 is 0 Å². The monoisotopic (exact) mass is 396 g/mol. The molecule has 0 radical (unpaired) electrons. The van der Waals surface area contributed by atoms with Crippen LogP contribution in [0.4, 0.5) is 0 Å². The summed E-state index contributed by atoms with van der Waals surface area (Å²) in [6.45, 7) is 2.54. The first kappa shape index (κ1) is 18.5. The molecular formula is C18H24N2O6S. The molecule has 1 saturated heterocycles. The van der Waals surface area contributed by atoms with E-state index in [1.165, 1.54) is 16.4 Å². The number of carboxylic acids is 1. The van der Waals surface area contributed by atoms with E-state index in [0.717, 1.165) is 12.8 Å². The summed E-state index contributed by atoms with van der Waals surface area (Å²) < 4.78 is 38.6. The predicted octanol–water partition coefficient (Wildman–Crippen LogP) is 1.02. The van der Waals surface area contributed by atoms with Gasteiger partial charge in [0.1, 0.15) is 19.3 Å². The highest BCUT2D eigenvalue weighted by Crippen LogP contribution is 2.36. The van der Waals surface area contributed by atoms with Crippen LogP contribution in [-0.4, -0.2) is 74.1 Å². The van der Waals surface area contributed by atoms with E-state index < -0.39 is 22.0 Å². The van der Waals surface area contributed by atoms with Gasteiger partial charge in [-0.3, -0.25) is 9.69 Å². The number of hydrogen-bond donors (Lipinski definition) is 1. The second-order valence-electron chi connectivity index (χ2n) is 7.22. The fraction of sp³-hybridized carbons (Fsp3) is 0.611. The van der Waals surface area contributed by atoms with Gasteiger partial charge in [0.25, 0.3) is 0 Å². The Morgan fingerprint density at radius 2 is 1.81 bits per heavy atom. The lowest BCUT2D eigenvalue weighted by molar-refractivity contribution is -0.144. The van der Waals surface area contributed by atoms with Crippen LogP contribution in [0.1, 0.15) is 19.3 Å². The van der Waals surface area contributed by atoms with Gasteiger partial charge in [0.05, 0.1) is 4.90 Å². The fourth-order valence-electron chi connectivity index (χ4n) is 3.83. The number of nitrogens with zero attached hydrogens (tertiary/aromatic N) is 2. The van der Waals surface area contributed by atoms with Gasteiger partial charge in [-0.15, -0.1) is 0 Å². The second-order valence-corrected chi connectivity index (χ2v) is 9.16. The first-order valence-corrected chi connectivity index (χ1v) is 10.8. The molecule has 1 aliphatic carbocycles. The van der Waals surface area contributed by atoms with E-state index in [-0.39, 0.29) is 17.4 Å². The van der Waals surface area contributed by atoms with Crippen LogP contribution in [0, 0.1) is 5.92 Å². The molecule has 0 amide bonds. The maximum Gasteiger partial charge on any atom is 0.321 e. The Morgan fingerprint density at radius 1 is 1.07 bits per heavy atom. The topological polar surface area (TPSA) is 96.4 Å². The van der Waals surface area contributed by atoms with Crippen molar-refractivity contribution in [1.82, 2.24) is 9.21 Å². The molecule has 8 nitrogen and oxygen atoms in total. The first-order chi connectivity index (χ1) is 13.0. The van der Waals surface area contributed by atoms with E-state index in [9.17, 15) is 18.3 Å². The van der Waals surface area contributed by atoms with Crippen molar-refractivity contribution in [3.05, 3.63) is 18.2 Å². The molecule has 1 saturated carbocycles. The van der Waals surface area contributed by atoms with E-state index in [1.54, 1.807) is 6.07 Å². The Labute approximate surface area is 158 Å². The molecule has 2 fully saturated rings. The maximum absolute atomic E-state index is 13.1. The molecule has 3 aliphatic rings. The van der Waals surface area contributed by atoms with Crippen LogP contribution in [-0.2, 0) is 14.8 Å². The summed E-state index contributed by atoms with van der Waals surface area (Å²) in [6, 6.07) is 4.17. The number of carbonyl (C=O) groups is 1. The Balaban J connectivity index is 1.50. The van der Waals surface area contributed by atoms with Crippen LogP contribution in [0.3, 0.4) is 0 Å². The third-order valence-electron chi connectivity index (χ3n) is 5.36. The summed E-state index contributed by atoms with van der Waals surface area (Å²) in [5, 5.41) is 9.54. The number of rotatable bonds is 5. The van der Waals surface area contributed by atoms with Crippen molar-refractivity contribution in [2.45, 2.75) is 30.2 Å². The largest absolute Gasteiger partial charge is 0.486 e. The Hall–Kier alpha value is -1.84. The lowest BCUT2D eigenvalue weighted by Crippen LogP contribution is -2.45. The average molecular weight is 396 g/mol. The molecule has 0 bridgehead atoms. The minimum Gasteiger partial charge on any atom is -0.486 e. The Bertz CT molecular complexity index is 823. The summed E-state index contributed by atoms with van der Waals surface area (Å²) >= 11 is 0. The molecular weight excluding hydrogens is 372 g/mol. The quantitative estimate of drug-likeness (QED) is 0.794. The van der Waals surface area contributed by atoms with Gasteiger partial charge in [-0.2, -0.15) is 4.31 Å². The first-order valence-electron chi connectivity index (χ1n) is 9.33. The summed E-state index contributed by atoms with van der Waals surface area (Å²) in [5.74, 6) is 0.388. The van der Waals surface area contributed by atoms with Crippen molar-refractivity contribution in [2.24, 2.45) is 5.92 Å². The average Bonchev–Trinajstić information content (AvgIpc) is 3.49. The molecule has 0 aromatic heterocycles. The van der Waals surface area contributed by atoms with Gasteiger partial charge < -0.3 is 14.6 Å². The van der Waals surface area contributed by atoms with Gasteiger partial charge in [0.15, 0.2) is 11.5 Å². The van der Waals surface area contributed by atoms with Crippen molar-refractivity contribution >= 4 is 16.0 Å². The van der Waals surface area contributed by atoms with Gasteiger partial charge in [0.2, 0.25) is 10.0 Å². The number of fused-ring (bicyclic) bond motifs is 1. The minimum absolute atomic E-state index is 0.178. The SMILES string of the molecule is O=C(O)C(C1CC1)N1CCCN(S(=O)(=O)c2ccc3c(c2)OCCO3)CC1. The molecule has 4 rings (SSSR count). The van der Waals surface area contributed by atoms with Crippen LogP contribution in [0.25, 0.3) is 0 Å². The number of carboxylic acid groups (broad SMARTS) is 1. The van der Waals surface area contributed by atoms with E-state index in [2.05, 4.69) is 0 Å². The molecule has 1 unspecified atom stereocenters. The highest BCUT2D eigenvalue weighted by Gasteiger charge is 2.41. The third-order valence-corrected chi connectivity index (χ3v) is 7.25. The molecule has 1 N–H and O–H groups in total. The predicted molar refractivity (Wildman–Crippen MR) is 96.5 cm³/mol. The van der Waals surface area contributed by atoms with Crippen molar-refractivity contribution in [3.63, 3.8) is 0 Å². The molecule has 9 heteroatoms. The molecule has 27 heavy (non-hydrogen) atoms. The molecule has 0 spiro atoms. The normalized spacial score (nSPS) is 22.8. The van der Waals surface area contributed by atoms with Gasteiger partial charge >= 0.3 is 5.97 Å². The van der Waals surface area contributed by atoms with Gasteiger partial charge in [-0.05, 0) is 37.3 Å². The van der Waals surface area contributed by atoms with Crippen molar-refractivity contribution in [1.29, 1.82) is 0 Å². The van der Waals surface area contributed by atoms with Crippen molar-refractivity contribution in [2.75, 3.05) is 39.4 Å². The molecule has 1 aromatic carbocycles. The van der Waals surface area contributed by atoms with Crippen molar-refractivity contribution in [3.8, 4) is 11.5 Å². The summed E-state index contributed by atoms with van der Waals surface area (Å²) in [6.07, 6.45) is 2.49. The second kappa shape index (κ2) is 7.29. The molecule has 1 aromatic rings. The standard InChI is InChI=1S/C18H24N2O6S/c21-18(22)17(13-2-3-13)19-6-1-7-20(9-8-19)27(23,24)14-4-5-15-16(12-14)26-11-10-25-15/h4-5,12-13,17H,1-3,6-11H2,(H,21,22). The van der Waals surface area contributed by atoms with Crippen LogP contribution >= 0.6 is 0 Å². The fourth-order valence-corrected chi connectivity index (χ4v) is 5.32. The lowest BCUT2D eigenvalue weighted by atomic mass is 10.1. The van der Waals surface area contributed by atoms with Gasteiger partial charge in [-0.25, -0.2) is 8.42 Å². The summed E-state index contributed by atoms with van der Waals surface area (Å²) in [4.78, 5) is 13.7. The molecule has 148 valence electrons. The molecule has 1 atom stereocenters. The van der Waals surface area contributed by atoms with Gasteiger partial charge in [0, 0.05) is 32.2 Å². The maximum atomic E-state index is 13.1. The highest BCUT2D eigenvalue weighted by atomic mass is 32.2. The number of hydrogen-bond acceptors (Lipinski definition) is 6. The van der Waals surface area contributed by atoms with Crippen LogP contribution in [0.15, 0.2) is 23.1 Å². The smallest absolute Gasteiger partial charge is 0.321 e. The van der Waals surface area contributed by atoms with E-state index in [0.29, 0.717) is 50.8 Å². The zero-order valence-corrected chi connectivity index (χ0v) is 15.9. The zero-order chi connectivity index (χ0) is 19.0. The van der Waals surface area contributed by atoms with E-state index in [1.807, 2.05) is 4.90 Å². The highest BCUT2D eigenvalue weighted by molar-refractivity contribution is 7.89. The van der Waals surface area contributed by atoms with Crippen LogP contribution < -0.4 is 9.47 Å². The lowest BCUT2D eigenvalue weighted by Gasteiger charge is -2.27. The Morgan fingerprint density at radius 3 is 2.52 bits per heavy atom. The van der Waals surface area contributed by atoms with Crippen molar-refractivity contribution < 1.29 is 27.8 Å². The third kappa shape index (κ3) is 3.76. The van der Waals surface area contributed by atoms with Crippen LogP contribution in [0.2, 0.25) is 0 Å². The number of sulfonamides is 1. The molecule has 2 aliphatic heterocycles. The minimum atomic E-state index is -3.67. The molecule has 2 heterocycles. The summed E-state index contributed by atoms with van der Waals surface area (Å²) in [7, 11) is -3.67. The number of ether oxygens (including phenoxy) is 2. The number of benzene rings is 1. The van der Waals surface area contributed by atoms with E-state index in [4.69, 9.17) is 9.47 Å². The zero-order valence-electron chi connectivity index (χ0n) is 15.0. The number of aliphatic carboxylic acids is 1. The van der Waals surface area contributed by atoms with Gasteiger partial charge in [-0.1, -0.05) is 0 Å². The van der Waals surface area contributed by atoms with Crippen LogP contribution in [0.5, 0.6) is 11.5 Å². The summed E-state index contributed by atoms with van der Waals surface area (Å²) in [5.41, 5.74) is 0. The Kier molecular flexibility index (Phi) is 5.00.